The Morgan fingerprint density at radius 1 is 0.917 bits per heavy atom. The van der Waals surface area contributed by atoms with Crippen LogP contribution in [-0.4, -0.2) is 29.2 Å². The molecule has 1 amide bonds. The standard InChI is InChI=1S/C25H17ClF3N3O3S/c26-17-4-6-20(7-5-17)36(34,35)24-21(22(28)8-9-23(24)29)15-32(14-19-3-1-2-10-31-19)25(33)16-11-18(27)13-30-12-16/h1-13H,14-15H2. The largest absolute Gasteiger partial charge is 0.328 e. The number of rotatable bonds is 7. The molecule has 11 heteroatoms. The second kappa shape index (κ2) is 10.5. The smallest absolute Gasteiger partial charge is 0.256 e. The van der Waals surface area contributed by atoms with E-state index in [0.717, 1.165) is 29.4 Å². The van der Waals surface area contributed by atoms with Gasteiger partial charge in [0.15, 0.2) is 0 Å². The maximum absolute atomic E-state index is 15.1. The van der Waals surface area contributed by atoms with E-state index >= 15 is 4.39 Å². The first kappa shape index (κ1) is 25.3. The molecule has 0 bridgehead atoms. The Balaban J connectivity index is 1.82. The van der Waals surface area contributed by atoms with E-state index in [2.05, 4.69) is 9.97 Å². The molecule has 4 aromatic rings. The molecule has 4 rings (SSSR count). The van der Waals surface area contributed by atoms with E-state index in [1.54, 1.807) is 18.2 Å². The Morgan fingerprint density at radius 3 is 2.31 bits per heavy atom. The fourth-order valence-corrected chi connectivity index (χ4v) is 5.20. The van der Waals surface area contributed by atoms with Crippen LogP contribution >= 0.6 is 11.6 Å². The highest BCUT2D eigenvalue weighted by Crippen LogP contribution is 2.31. The molecule has 0 radical (unpaired) electrons. The van der Waals surface area contributed by atoms with Crippen molar-refractivity contribution < 1.29 is 26.4 Å². The van der Waals surface area contributed by atoms with Gasteiger partial charge < -0.3 is 4.90 Å². The maximum Gasteiger partial charge on any atom is 0.256 e. The van der Waals surface area contributed by atoms with Gasteiger partial charge in [-0.15, -0.1) is 0 Å². The van der Waals surface area contributed by atoms with Gasteiger partial charge in [0.1, 0.15) is 22.3 Å². The van der Waals surface area contributed by atoms with Gasteiger partial charge >= 0.3 is 0 Å². The zero-order chi connectivity index (χ0) is 25.9. The highest BCUT2D eigenvalue weighted by Gasteiger charge is 2.30. The summed E-state index contributed by atoms with van der Waals surface area (Å²) in [6, 6.07) is 12.3. The molecule has 0 atom stereocenters. The SMILES string of the molecule is O=C(c1cncc(F)c1)N(Cc1ccccn1)Cc1c(F)ccc(F)c1S(=O)(=O)c1ccc(Cl)cc1. The Morgan fingerprint density at radius 2 is 1.64 bits per heavy atom. The van der Waals surface area contributed by atoms with Crippen LogP contribution in [-0.2, 0) is 22.9 Å². The zero-order valence-electron chi connectivity index (χ0n) is 18.4. The lowest BCUT2D eigenvalue weighted by molar-refractivity contribution is 0.0723. The van der Waals surface area contributed by atoms with Gasteiger partial charge in [-0.25, -0.2) is 21.6 Å². The van der Waals surface area contributed by atoms with E-state index in [-0.39, 0.29) is 22.0 Å². The summed E-state index contributed by atoms with van der Waals surface area (Å²) in [7, 11) is -4.55. The molecular weight excluding hydrogens is 515 g/mol. The number of hydrogen-bond acceptors (Lipinski definition) is 5. The molecule has 2 heterocycles. The van der Waals surface area contributed by atoms with E-state index in [1.807, 2.05) is 0 Å². The molecule has 0 fully saturated rings. The molecule has 36 heavy (non-hydrogen) atoms. The van der Waals surface area contributed by atoms with E-state index in [0.29, 0.717) is 11.8 Å². The van der Waals surface area contributed by atoms with Crippen molar-refractivity contribution in [2.24, 2.45) is 0 Å². The van der Waals surface area contributed by atoms with Crippen LogP contribution < -0.4 is 0 Å². The Labute approximate surface area is 209 Å². The van der Waals surface area contributed by atoms with Crippen molar-refractivity contribution in [1.29, 1.82) is 0 Å². The Kier molecular flexibility index (Phi) is 7.37. The van der Waals surface area contributed by atoms with Gasteiger partial charge in [0.05, 0.1) is 35.4 Å². The summed E-state index contributed by atoms with van der Waals surface area (Å²) in [5.74, 6) is -3.80. The third-order valence-corrected chi connectivity index (χ3v) is 7.34. The topological polar surface area (TPSA) is 80.2 Å². The third kappa shape index (κ3) is 5.39. The maximum atomic E-state index is 15.1. The Bertz CT molecular complexity index is 1520. The van der Waals surface area contributed by atoms with E-state index in [9.17, 15) is 22.0 Å². The van der Waals surface area contributed by atoms with Gasteiger partial charge in [0, 0.05) is 23.0 Å². The molecular formula is C25H17ClF3N3O3S. The van der Waals surface area contributed by atoms with E-state index < -0.39 is 50.2 Å². The number of sulfone groups is 1. The minimum Gasteiger partial charge on any atom is -0.328 e. The Hall–Kier alpha value is -3.76. The molecule has 0 saturated heterocycles. The van der Waals surface area contributed by atoms with Crippen LogP contribution in [0.25, 0.3) is 0 Å². The molecule has 0 aliphatic carbocycles. The molecule has 184 valence electrons. The second-order valence-corrected chi connectivity index (χ2v) is 9.99. The summed E-state index contributed by atoms with van der Waals surface area (Å²) < 4.78 is 70.5. The van der Waals surface area contributed by atoms with Crippen LogP contribution in [0.5, 0.6) is 0 Å². The average molecular weight is 532 g/mol. The molecule has 0 unspecified atom stereocenters. The summed E-state index contributed by atoms with van der Waals surface area (Å²) in [5, 5.41) is 0.254. The monoisotopic (exact) mass is 531 g/mol. The van der Waals surface area contributed by atoms with Gasteiger partial charge in [-0.1, -0.05) is 17.7 Å². The molecule has 0 spiro atoms. The summed E-state index contributed by atoms with van der Waals surface area (Å²) in [4.78, 5) is 20.9. The first-order valence-corrected chi connectivity index (χ1v) is 12.3. The number of carbonyl (C=O) groups is 1. The van der Waals surface area contributed by atoms with Gasteiger partial charge in [-0.05, 0) is 54.6 Å². The van der Waals surface area contributed by atoms with Crippen LogP contribution in [0.3, 0.4) is 0 Å². The second-order valence-electron chi connectivity index (χ2n) is 7.67. The number of benzene rings is 2. The van der Waals surface area contributed by atoms with Crippen LogP contribution in [0, 0.1) is 17.5 Å². The molecule has 0 saturated carbocycles. The lowest BCUT2D eigenvalue weighted by Crippen LogP contribution is -2.32. The van der Waals surface area contributed by atoms with Gasteiger partial charge in [-0.3, -0.25) is 14.8 Å². The lowest BCUT2D eigenvalue weighted by Gasteiger charge is -2.24. The number of pyridine rings is 2. The third-order valence-electron chi connectivity index (χ3n) is 5.21. The first-order valence-electron chi connectivity index (χ1n) is 10.4. The van der Waals surface area contributed by atoms with Crippen LogP contribution in [0.4, 0.5) is 13.2 Å². The van der Waals surface area contributed by atoms with Crippen molar-refractivity contribution in [3.8, 4) is 0 Å². The zero-order valence-corrected chi connectivity index (χ0v) is 20.0. The molecule has 2 aromatic carbocycles. The first-order chi connectivity index (χ1) is 17.2. The van der Waals surface area contributed by atoms with Crippen molar-refractivity contribution in [2.45, 2.75) is 22.9 Å². The van der Waals surface area contributed by atoms with E-state index in [1.165, 1.54) is 30.5 Å². The number of aromatic nitrogens is 2. The van der Waals surface area contributed by atoms with Crippen LogP contribution in [0.2, 0.25) is 5.02 Å². The minimum atomic E-state index is -4.55. The summed E-state index contributed by atoms with van der Waals surface area (Å²) >= 11 is 5.83. The molecule has 0 aliphatic heterocycles. The normalized spacial score (nSPS) is 11.3. The van der Waals surface area contributed by atoms with Gasteiger partial charge in [0.2, 0.25) is 9.84 Å². The van der Waals surface area contributed by atoms with Crippen molar-refractivity contribution in [2.75, 3.05) is 0 Å². The van der Waals surface area contributed by atoms with Crippen molar-refractivity contribution >= 4 is 27.3 Å². The van der Waals surface area contributed by atoms with Gasteiger partial charge in [0.25, 0.3) is 5.91 Å². The van der Waals surface area contributed by atoms with Crippen molar-refractivity contribution in [3.05, 3.63) is 119 Å². The highest BCUT2D eigenvalue weighted by atomic mass is 35.5. The van der Waals surface area contributed by atoms with Crippen LogP contribution in [0.15, 0.2) is 89.0 Å². The summed E-state index contributed by atoms with van der Waals surface area (Å²) in [6.07, 6.45) is 3.49. The highest BCUT2D eigenvalue weighted by molar-refractivity contribution is 7.91. The number of nitrogens with zero attached hydrogens (tertiary/aromatic N) is 3. The van der Waals surface area contributed by atoms with Gasteiger partial charge in [-0.2, -0.15) is 0 Å². The number of hydrogen-bond donors (Lipinski definition) is 0. The predicted octanol–water partition coefficient (Wildman–Crippen LogP) is 5.22. The quantitative estimate of drug-likeness (QED) is 0.326. The van der Waals surface area contributed by atoms with Crippen molar-refractivity contribution in [1.82, 2.24) is 14.9 Å². The average Bonchev–Trinajstić information content (AvgIpc) is 2.86. The number of halogens is 4. The minimum absolute atomic E-state index is 0.162. The molecule has 0 aliphatic rings. The summed E-state index contributed by atoms with van der Waals surface area (Å²) in [6.45, 7) is -0.857. The molecule has 6 nitrogen and oxygen atoms in total. The van der Waals surface area contributed by atoms with Crippen molar-refractivity contribution in [3.63, 3.8) is 0 Å². The van der Waals surface area contributed by atoms with Crippen LogP contribution in [0.1, 0.15) is 21.6 Å². The molecule has 2 aromatic heterocycles. The van der Waals surface area contributed by atoms with E-state index in [4.69, 9.17) is 11.6 Å². The molecule has 0 N–H and O–H groups in total. The predicted molar refractivity (Wildman–Crippen MR) is 125 cm³/mol. The number of carbonyl (C=O) groups excluding carboxylic acids is 1. The fourth-order valence-electron chi connectivity index (χ4n) is 3.53. The number of amides is 1. The fraction of sp³-hybridized carbons (Fsp3) is 0.0800. The lowest BCUT2D eigenvalue weighted by atomic mass is 10.1. The summed E-state index contributed by atoms with van der Waals surface area (Å²) in [5.41, 5.74) is -0.349.